The van der Waals surface area contributed by atoms with Crippen molar-refractivity contribution in [1.82, 2.24) is 0 Å². The van der Waals surface area contributed by atoms with E-state index in [0.29, 0.717) is 71.7 Å². The first-order chi connectivity index (χ1) is 31.0. The highest BCUT2D eigenvalue weighted by molar-refractivity contribution is 6.06. The highest BCUT2D eigenvalue weighted by atomic mass is 16.5. The molecule has 2 aliphatic carbocycles. The Morgan fingerprint density at radius 3 is 2.44 bits per heavy atom. The number of fused-ring (bicyclic) bond motifs is 2. The highest BCUT2D eigenvalue weighted by Gasteiger charge is 2.31. The summed E-state index contributed by atoms with van der Waals surface area (Å²) in [5.41, 5.74) is 20.4. The Morgan fingerprint density at radius 2 is 1.67 bits per heavy atom. The van der Waals surface area contributed by atoms with E-state index in [1.54, 1.807) is 30.5 Å². The average Bonchev–Trinajstić information content (AvgIpc) is 3.98. The van der Waals surface area contributed by atoms with Crippen molar-refractivity contribution in [3.05, 3.63) is 159 Å². The summed E-state index contributed by atoms with van der Waals surface area (Å²) in [4.78, 5) is 17.6. The maximum atomic E-state index is 13.8. The molecule has 9 nitrogen and oxygen atoms in total. The first-order valence-corrected chi connectivity index (χ1v) is 22.9. The second-order valence-electron chi connectivity index (χ2n) is 17.9. The van der Waals surface area contributed by atoms with E-state index >= 15 is 0 Å². The Bertz CT molecular complexity index is 2480. The summed E-state index contributed by atoms with van der Waals surface area (Å²) >= 11 is 0. The van der Waals surface area contributed by atoms with Crippen molar-refractivity contribution in [3.8, 4) is 29.1 Å². The lowest BCUT2D eigenvalue weighted by atomic mass is 9.78. The Morgan fingerprint density at radius 1 is 0.922 bits per heavy atom. The third-order valence-electron chi connectivity index (χ3n) is 13.4. The van der Waals surface area contributed by atoms with Crippen LogP contribution in [0.15, 0.2) is 120 Å². The summed E-state index contributed by atoms with van der Waals surface area (Å²) in [6.07, 6.45) is 18.1. The van der Waals surface area contributed by atoms with Crippen LogP contribution in [0, 0.1) is 23.2 Å². The maximum absolute atomic E-state index is 13.8. The summed E-state index contributed by atoms with van der Waals surface area (Å²) in [6.45, 7) is 2.74. The highest BCUT2D eigenvalue weighted by Crippen LogP contribution is 2.45. The average molecular weight is 861 g/mol. The number of aliphatic hydroxyl groups excluding tert-OH is 1. The topological polar surface area (TPSA) is 174 Å². The summed E-state index contributed by atoms with van der Waals surface area (Å²) in [5.74, 6) is 6.91. The standard InChI is InChI=1S/C55H63N3O6/c1-37(11-15-40-7-2-3-8-41(40)24-31-59)21-28-55(26-4-5-27-55)29-22-44(60)17-12-38-14-20-51(62)53(34-38)64-32-25-39-13-19-50(61)48(33-39)47-36-52(63)46-23-30-58-49(46)10-6-9-42-35-43(54(56)57)16-18-45(42)47/h2-3,7-8,13-14,16,18-20,22-23,29-30,33-35,37,47,54,59,61-63H,4-5,10-12,15,17,21,24-28,31-32,36,56-57H2,1H3/p-1. The van der Waals surface area contributed by atoms with Crippen LogP contribution in [0.2, 0.25) is 0 Å². The molecule has 1 heterocycles. The maximum Gasteiger partial charge on any atom is 0.161 e. The van der Waals surface area contributed by atoms with E-state index in [2.05, 4.69) is 48.0 Å². The number of phenols is 2. The van der Waals surface area contributed by atoms with Gasteiger partial charge in [0.25, 0.3) is 0 Å². The summed E-state index contributed by atoms with van der Waals surface area (Å²) < 4.78 is 6.12. The SMILES string of the molecule is CC(CCc1ccccc1CCO)CCC1(C=CC(=O)CCc2ccc(O)c(OCCc3ccc(O)c(C4CC([O-])=C5C=CN=C5CC#Cc5cc(C(N)N)ccc54)c3)c2)CCCC1. The van der Waals surface area contributed by atoms with E-state index in [-0.39, 0.29) is 48.1 Å². The monoisotopic (exact) mass is 860 g/mol. The van der Waals surface area contributed by atoms with Gasteiger partial charge < -0.3 is 36.6 Å². The fourth-order valence-electron chi connectivity index (χ4n) is 9.45. The van der Waals surface area contributed by atoms with Gasteiger partial charge in [0.15, 0.2) is 17.3 Å². The summed E-state index contributed by atoms with van der Waals surface area (Å²) in [7, 11) is 0. The first kappa shape index (κ1) is 46.1. The molecule has 0 saturated heterocycles. The molecular weight excluding hydrogens is 799 g/mol. The van der Waals surface area contributed by atoms with Gasteiger partial charge in [0, 0.05) is 42.7 Å². The lowest BCUT2D eigenvalue weighted by Crippen LogP contribution is -2.21. The molecule has 3 aliphatic rings. The number of hydrogen-bond acceptors (Lipinski definition) is 9. The Balaban J connectivity index is 0.957. The number of hydrogen-bond donors (Lipinski definition) is 5. The number of carbonyl (C=O) groups is 1. The second-order valence-corrected chi connectivity index (χ2v) is 17.9. The van der Waals surface area contributed by atoms with Crippen LogP contribution in [0.3, 0.4) is 0 Å². The van der Waals surface area contributed by atoms with Crippen LogP contribution in [0.4, 0.5) is 0 Å². The van der Waals surface area contributed by atoms with E-state index in [1.165, 1.54) is 24.0 Å². The summed E-state index contributed by atoms with van der Waals surface area (Å²) in [5, 5.41) is 45.2. The van der Waals surface area contributed by atoms with E-state index < -0.39 is 12.1 Å². The van der Waals surface area contributed by atoms with Crippen molar-refractivity contribution in [3.63, 3.8) is 0 Å². The van der Waals surface area contributed by atoms with Crippen molar-refractivity contribution in [2.45, 2.75) is 109 Å². The molecule has 7 N–H and O–H groups in total. The minimum absolute atomic E-state index is 0.0174. The number of ether oxygens (including phenoxy) is 1. The van der Waals surface area contributed by atoms with Gasteiger partial charge in [0.05, 0.1) is 24.9 Å². The van der Waals surface area contributed by atoms with Crippen molar-refractivity contribution in [2.75, 3.05) is 13.2 Å². The molecule has 334 valence electrons. The molecule has 0 radical (unpaired) electrons. The van der Waals surface area contributed by atoms with E-state index in [9.17, 15) is 25.2 Å². The quantitative estimate of drug-likeness (QED) is 0.0354. The smallest absolute Gasteiger partial charge is 0.161 e. The largest absolute Gasteiger partial charge is 0.875 e. The van der Waals surface area contributed by atoms with Gasteiger partial charge in [-0.2, -0.15) is 0 Å². The van der Waals surface area contributed by atoms with E-state index in [4.69, 9.17) is 16.2 Å². The third kappa shape index (κ3) is 11.8. The number of aryl methyl sites for hydroxylation is 2. The Kier molecular flexibility index (Phi) is 15.6. The Labute approximate surface area is 378 Å². The van der Waals surface area contributed by atoms with Crippen molar-refractivity contribution < 1.29 is 30.0 Å². The van der Waals surface area contributed by atoms with Crippen LogP contribution in [-0.2, 0) is 30.5 Å². The van der Waals surface area contributed by atoms with Crippen LogP contribution in [0.25, 0.3) is 0 Å². The molecule has 0 spiro atoms. The summed E-state index contributed by atoms with van der Waals surface area (Å²) in [6, 6.07) is 24.6. The number of benzene rings is 4. The lowest BCUT2D eigenvalue weighted by Gasteiger charge is -2.27. The Hall–Kier alpha value is -5.92. The normalized spacial score (nSPS) is 17.2. The zero-order valence-corrected chi connectivity index (χ0v) is 37.0. The number of aromatic hydroxyl groups is 2. The van der Waals surface area contributed by atoms with Gasteiger partial charge in [-0.1, -0.05) is 92.3 Å². The number of allylic oxidation sites excluding steroid dienone is 5. The first-order valence-electron chi connectivity index (χ1n) is 22.9. The molecule has 9 heteroatoms. The second kappa shape index (κ2) is 21.6. The third-order valence-corrected chi connectivity index (χ3v) is 13.4. The fourth-order valence-corrected chi connectivity index (χ4v) is 9.45. The molecule has 4 aromatic carbocycles. The molecule has 64 heavy (non-hydrogen) atoms. The van der Waals surface area contributed by atoms with Crippen molar-refractivity contribution in [2.24, 2.45) is 27.8 Å². The molecule has 1 fully saturated rings. The molecule has 4 aromatic rings. The molecule has 0 bridgehead atoms. The zero-order chi connectivity index (χ0) is 45.1. The number of aliphatic imine (C=N–C) groups is 1. The number of phenolic OH excluding ortho intramolecular Hbond substituents is 2. The van der Waals surface area contributed by atoms with E-state index in [1.807, 2.05) is 48.5 Å². The van der Waals surface area contributed by atoms with Gasteiger partial charge in [-0.05, 0) is 144 Å². The van der Waals surface area contributed by atoms with Gasteiger partial charge in [0.2, 0.25) is 0 Å². The lowest BCUT2D eigenvalue weighted by molar-refractivity contribution is -0.307. The van der Waals surface area contributed by atoms with E-state index in [0.717, 1.165) is 55.2 Å². The number of carbonyl (C=O) groups excluding carboxylic acids is 1. The van der Waals surface area contributed by atoms with Gasteiger partial charge >= 0.3 is 0 Å². The zero-order valence-electron chi connectivity index (χ0n) is 37.0. The van der Waals surface area contributed by atoms with Crippen molar-refractivity contribution >= 4 is 11.5 Å². The number of aliphatic hydroxyl groups is 1. The van der Waals surface area contributed by atoms with Gasteiger partial charge in [-0.25, -0.2) is 0 Å². The molecule has 1 aliphatic heterocycles. The minimum atomic E-state index is -0.698. The molecular formula is C55H62N3O6-. The molecule has 7 rings (SSSR count). The van der Waals surface area contributed by atoms with Gasteiger partial charge in [-0.3, -0.25) is 9.79 Å². The number of nitrogens with zero attached hydrogens (tertiary/aromatic N) is 1. The molecule has 0 aromatic heterocycles. The molecule has 2 atom stereocenters. The minimum Gasteiger partial charge on any atom is -0.875 e. The van der Waals surface area contributed by atoms with Crippen LogP contribution < -0.4 is 21.3 Å². The van der Waals surface area contributed by atoms with Gasteiger partial charge in [-0.15, -0.1) is 5.76 Å². The van der Waals surface area contributed by atoms with Crippen LogP contribution in [0.1, 0.15) is 128 Å². The van der Waals surface area contributed by atoms with Gasteiger partial charge in [0.1, 0.15) is 5.75 Å². The van der Waals surface area contributed by atoms with Crippen LogP contribution >= 0.6 is 0 Å². The predicted molar refractivity (Wildman–Crippen MR) is 252 cm³/mol. The fraction of sp³-hybridized carbons (Fsp3) is 0.382. The van der Waals surface area contributed by atoms with Crippen LogP contribution in [-0.4, -0.2) is 40.0 Å². The molecule has 0 amide bonds. The van der Waals surface area contributed by atoms with Crippen LogP contribution in [0.5, 0.6) is 17.2 Å². The predicted octanol–water partition coefficient (Wildman–Crippen LogP) is 8.70. The van der Waals surface area contributed by atoms with Crippen molar-refractivity contribution in [1.29, 1.82) is 0 Å². The molecule has 1 saturated carbocycles. The molecule has 2 unspecified atom stereocenters. The number of ketones is 1. The number of rotatable bonds is 19. The number of nitrogens with two attached hydrogens (primary N) is 2.